The molecule has 2 aromatic carbocycles. The van der Waals surface area contributed by atoms with Crippen LogP contribution >= 0.6 is 0 Å². The summed E-state index contributed by atoms with van der Waals surface area (Å²) < 4.78 is 6.86. The first-order chi connectivity index (χ1) is 10.3. The first-order valence-corrected chi connectivity index (χ1v) is 6.83. The Morgan fingerprint density at radius 2 is 1.90 bits per heavy atom. The largest absolute Gasteiger partial charge is 0.419 e. The van der Waals surface area contributed by atoms with Gasteiger partial charge in [-0.15, -0.1) is 0 Å². The van der Waals surface area contributed by atoms with Crippen LogP contribution in [0.4, 0.5) is 0 Å². The number of aryl methyl sites for hydroxylation is 2. The zero-order chi connectivity index (χ0) is 14.2. The van der Waals surface area contributed by atoms with Gasteiger partial charge in [-0.3, -0.25) is 4.57 Å². The molecule has 4 rings (SSSR count). The number of benzene rings is 2. The van der Waals surface area contributed by atoms with Crippen LogP contribution < -0.4 is 5.76 Å². The summed E-state index contributed by atoms with van der Waals surface area (Å²) in [5, 5.41) is 0. The van der Waals surface area contributed by atoms with Gasteiger partial charge in [0.25, 0.3) is 0 Å². The topological polar surface area (TPSA) is 63.8 Å². The number of nitrogens with zero attached hydrogens (tertiary/aromatic N) is 2. The van der Waals surface area contributed by atoms with Crippen LogP contribution in [0.5, 0.6) is 0 Å². The SMILES string of the molecule is O=c1oc2ccccc2n1CCc1nc2ccccc2[nH]1. The van der Waals surface area contributed by atoms with Crippen LogP contribution in [0.25, 0.3) is 22.1 Å². The molecule has 0 unspecified atom stereocenters. The number of aromatic nitrogens is 3. The van der Waals surface area contributed by atoms with E-state index < -0.39 is 0 Å². The van der Waals surface area contributed by atoms with Gasteiger partial charge < -0.3 is 9.40 Å². The average Bonchev–Trinajstić information content (AvgIpc) is 3.04. The second kappa shape index (κ2) is 4.63. The molecule has 0 radical (unpaired) electrons. The van der Waals surface area contributed by atoms with Crippen molar-refractivity contribution in [3.05, 3.63) is 64.9 Å². The van der Waals surface area contributed by atoms with Crippen molar-refractivity contribution in [2.45, 2.75) is 13.0 Å². The van der Waals surface area contributed by atoms with Crippen molar-refractivity contribution in [3.63, 3.8) is 0 Å². The third-order valence-corrected chi connectivity index (χ3v) is 3.58. The highest BCUT2D eigenvalue weighted by Gasteiger charge is 2.09. The Kier molecular flexibility index (Phi) is 2.64. The van der Waals surface area contributed by atoms with Crippen LogP contribution in [0.3, 0.4) is 0 Å². The van der Waals surface area contributed by atoms with E-state index in [1.165, 1.54) is 0 Å². The smallest absolute Gasteiger partial charge is 0.408 e. The van der Waals surface area contributed by atoms with E-state index in [1.807, 2.05) is 42.5 Å². The number of nitrogens with one attached hydrogen (secondary N) is 1. The van der Waals surface area contributed by atoms with E-state index in [1.54, 1.807) is 10.6 Å². The first kappa shape index (κ1) is 12.0. The van der Waals surface area contributed by atoms with Crippen LogP contribution in [0.15, 0.2) is 57.7 Å². The third-order valence-electron chi connectivity index (χ3n) is 3.58. The van der Waals surface area contributed by atoms with Gasteiger partial charge in [0.1, 0.15) is 5.82 Å². The summed E-state index contributed by atoms with van der Waals surface area (Å²) in [6.07, 6.45) is 0.651. The molecule has 0 aliphatic rings. The fraction of sp³-hybridized carbons (Fsp3) is 0.125. The lowest BCUT2D eigenvalue weighted by molar-refractivity contribution is 0.503. The van der Waals surface area contributed by atoms with E-state index in [-0.39, 0.29) is 5.76 Å². The zero-order valence-corrected chi connectivity index (χ0v) is 11.2. The lowest BCUT2D eigenvalue weighted by Gasteiger charge is -1.99. The molecular formula is C16H13N3O2. The normalized spacial score (nSPS) is 11.4. The number of hydrogen-bond donors (Lipinski definition) is 1. The Bertz CT molecular complexity index is 945. The van der Waals surface area contributed by atoms with Gasteiger partial charge in [0.05, 0.1) is 16.6 Å². The maximum Gasteiger partial charge on any atom is 0.419 e. The van der Waals surface area contributed by atoms with Gasteiger partial charge in [-0.05, 0) is 24.3 Å². The fourth-order valence-electron chi connectivity index (χ4n) is 2.57. The monoisotopic (exact) mass is 279 g/mol. The Morgan fingerprint density at radius 3 is 2.81 bits per heavy atom. The second-order valence-electron chi connectivity index (χ2n) is 4.94. The minimum absolute atomic E-state index is 0.327. The third kappa shape index (κ3) is 2.03. The van der Waals surface area contributed by atoms with E-state index in [0.29, 0.717) is 18.5 Å². The first-order valence-electron chi connectivity index (χ1n) is 6.83. The predicted octanol–water partition coefficient (Wildman–Crippen LogP) is 2.71. The molecule has 0 atom stereocenters. The lowest BCUT2D eigenvalue weighted by Crippen LogP contribution is -2.15. The van der Waals surface area contributed by atoms with Crippen molar-refractivity contribution >= 4 is 22.1 Å². The van der Waals surface area contributed by atoms with E-state index in [9.17, 15) is 4.79 Å². The number of fused-ring (bicyclic) bond motifs is 2. The van der Waals surface area contributed by atoms with E-state index in [4.69, 9.17) is 4.42 Å². The average molecular weight is 279 g/mol. The highest BCUT2D eigenvalue weighted by molar-refractivity contribution is 5.74. The van der Waals surface area contributed by atoms with Crippen molar-refractivity contribution < 1.29 is 4.42 Å². The van der Waals surface area contributed by atoms with Gasteiger partial charge >= 0.3 is 5.76 Å². The molecule has 0 aliphatic heterocycles. The molecule has 0 spiro atoms. The highest BCUT2D eigenvalue weighted by atomic mass is 16.4. The molecule has 0 bridgehead atoms. The Balaban J connectivity index is 1.66. The molecule has 0 fully saturated rings. The number of para-hydroxylation sites is 4. The molecule has 2 aromatic heterocycles. The molecule has 0 aliphatic carbocycles. The van der Waals surface area contributed by atoms with Crippen molar-refractivity contribution in [2.75, 3.05) is 0 Å². The molecule has 5 nitrogen and oxygen atoms in total. The molecule has 104 valence electrons. The van der Waals surface area contributed by atoms with Crippen molar-refractivity contribution in [2.24, 2.45) is 0 Å². The molecule has 5 heteroatoms. The van der Waals surface area contributed by atoms with Crippen molar-refractivity contribution in [1.29, 1.82) is 0 Å². The van der Waals surface area contributed by atoms with E-state index in [2.05, 4.69) is 9.97 Å². The quantitative estimate of drug-likeness (QED) is 0.627. The number of aromatic amines is 1. The summed E-state index contributed by atoms with van der Waals surface area (Å²) in [4.78, 5) is 19.7. The van der Waals surface area contributed by atoms with Gasteiger partial charge in [0.15, 0.2) is 5.58 Å². The summed E-state index contributed by atoms with van der Waals surface area (Å²) in [6.45, 7) is 0.537. The molecule has 1 N–H and O–H groups in total. The van der Waals surface area contributed by atoms with Crippen molar-refractivity contribution in [3.8, 4) is 0 Å². The maximum absolute atomic E-state index is 11.9. The van der Waals surface area contributed by atoms with Gasteiger partial charge in [0.2, 0.25) is 0 Å². The Labute approximate surface area is 119 Å². The molecule has 0 amide bonds. The summed E-state index contributed by atoms with van der Waals surface area (Å²) in [6, 6.07) is 15.3. The van der Waals surface area contributed by atoms with Crippen LogP contribution in [-0.2, 0) is 13.0 Å². The number of oxazole rings is 1. The summed E-state index contributed by atoms with van der Waals surface area (Å²) in [7, 11) is 0. The van der Waals surface area contributed by atoms with Gasteiger partial charge in [-0.25, -0.2) is 9.78 Å². The molecule has 21 heavy (non-hydrogen) atoms. The lowest BCUT2D eigenvalue weighted by atomic mass is 10.3. The molecule has 4 aromatic rings. The number of H-pyrrole nitrogens is 1. The van der Waals surface area contributed by atoms with Crippen LogP contribution in [-0.4, -0.2) is 14.5 Å². The number of hydrogen-bond acceptors (Lipinski definition) is 3. The fourth-order valence-corrected chi connectivity index (χ4v) is 2.57. The van der Waals surface area contributed by atoms with Gasteiger partial charge in [0, 0.05) is 13.0 Å². The molecule has 0 saturated carbocycles. The number of rotatable bonds is 3. The van der Waals surface area contributed by atoms with Crippen LogP contribution in [0, 0.1) is 0 Å². The van der Waals surface area contributed by atoms with Crippen LogP contribution in [0.1, 0.15) is 5.82 Å². The molecular weight excluding hydrogens is 266 g/mol. The molecule has 0 saturated heterocycles. The Morgan fingerprint density at radius 1 is 1.10 bits per heavy atom. The van der Waals surface area contributed by atoms with Gasteiger partial charge in [-0.1, -0.05) is 24.3 Å². The van der Waals surface area contributed by atoms with Crippen LogP contribution in [0.2, 0.25) is 0 Å². The number of imidazole rings is 1. The maximum atomic E-state index is 11.9. The molecule has 2 heterocycles. The van der Waals surface area contributed by atoms with Gasteiger partial charge in [-0.2, -0.15) is 0 Å². The van der Waals surface area contributed by atoms with E-state index in [0.717, 1.165) is 22.4 Å². The summed E-state index contributed by atoms with van der Waals surface area (Å²) in [5.74, 6) is 0.542. The standard InChI is InChI=1S/C16H13N3O2/c20-16-19(13-7-3-4-8-14(13)21-16)10-9-15-17-11-5-1-2-6-12(11)18-15/h1-8H,9-10H2,(H,17,18). The van der Waals surface area contributed by atoms with E-state index >= 15 is 0 Å². The minimum Gasteiger partial charge on any atom is -0.408 e. The minimum atomic E-state index is -0.327. The summed E-state index contributed by atoms with van der Waals surface area (Å²) in [5.41, 5.74) is 3.39. The Hall–Kier alpha value is -2.82. The highest BCUT2D eigenvalue weighted by Crippen LogP contribution is 2.14. The second-order valence-corrected chi connectivity index (χ2v) is 4.94. The zero-order valence-electron chi connectivity index (χ0n) is 11.2. The summed E-state index contributed by atoms with van der Waals surface area (Å²) >= 11 is 0. The van der Waals surface area contributed by atoms with Crippen molar-refractivity contribution in [1.82, 2.24) is 14.5 Å². The predicted molar refractivity (Wildman–Crippen MR) is 80.3 cm³/mol.